The molecule has 0 unspecified atom stereocenters. The Morgan fingerprint density at radius 2 is 2.04 bits per heavy atom. The van der Waals surface area contributed by atoms with Crippen LogP contribution in [-0.4, -0.2) is 38.9 Å². The van der Waals surface area contributed by atoms with E-state index in [9.17, 15) is 4.79 Å². The molecule has 1 amide bonds. The summed E-state index contributed by atoms with van der Waals surface area (Å²) in [4.78, 5) is 23.5. The molecule has 2 aromatic heterocycles. The van der Waals surface area contributed by atoms with E-state index < -0.39 is 0 Å². The van der Waals surface area contributed by atoms with Gasteiger partial charge in [-0.1, -0.05) is 42.1 Å². The fraction of sp³-hybridized carbons (Fsp3) is 0.263. The molecule has 3 heterocycles. The molecule has 1 aromatic carbocycles. The van der Waals surface area contributed by atoms with Gasteiger partial charge in [0, 0.05) is 16.7 Å². The Morgan fingerprint density at radius 3 is 2.85 bits per heavy atom. The Labute approximate surface area is 160 Å². The highest BCUT2D eigenvalue weighted by atomic mass is 32.2. The zero-order valence-corrected chi connectivity index (χ0v) is 16.2. The van der Waals surface area contributed by atoms with E-state index in [2.05, 4.69) is 28.9 Å². The van der Waals surface area contributed by atoms with Gasteiger partial charge in [-0.2, -0.15) is 5.10 Å². The van der Waals surface area contributed by atoms with Crippen molar-refractivity contribution in [1.82, 2.24) is 15.0 Å². The van der Waals surface area contributed by atoms with Gasteiger partial charge in [-0.15, -0.1) is 11.3 Å². The molecule has 0 radical (unpaired) electrons. The first-order valence-electron chi connectivity index (χ1n) is 8.40. The van der Waals surface area contributed by atoms with Crippen molar-refractivity contribution in [2.45, 2.75) is 25.3 Å². The first-order chi connectivity index (χ1) is 12.6. The van der Waals surface area contributed by atoms with Crippen molar-refractivity contribution < 1.29 is 4.79 Å². The highest BCUT2D eigenvalue weighted by Gasteiger charge is 2.22. The van der Waals surface area contributed by atoms with Gasteiger partial charge in [0.2, 0.25) is 0 Å². The van der Waals surface area contributed by atoms with Crippen LogP contribution in [0.15, 0.2) is 46.8 Å². The summed E-state index contributed by atoms with van der Waals surface area (Å²) >= 11 is 3.13. The molecule has 7 heteroatoms. The second-order valence-electron chi connectivity index (χ2n) is 6.11. The fourth-order valence-electron chi connectivity index (χ4n) is 2.93. The molecule has 0 saturated heterocycles. The Kier molecular flexibility index (Phi) is 4.74. The molecule has 1 aliphatic rings. The van der Waals surface area contributed by atoms with Crippen LogP contribution >= 0.6 is 23.1 Å². The van der Waals surface area contributed by atoms with E-state index in [1.54, 1.807) is 22.7 Å². The predicted octanol–water partition coefficient (Wildman–Crippen LogP) is 4.04. The van der Waals surface area contributed by atoms with Gasteiger partial charge >= 0.3 is 0 Å². The predicted molar refractivity (Wildman–Crippen MR) is 107 cm³/mol. The number of thioether (sulfide) groups is 1. The number of carbonyl (C=O) groups is 1. The molecular weight excluding hydrogens is 364 g/mol. The third-order valence-corrected chi connectivity index (χ3v) is 6.55. The highest BCUT2D eigenvalue weighted by molar-refractivity contribution is 8.00. The Bertz CT molecular complexity index is 997. The summed E-state index contributed by atoms with van der Waals surface area (Å²) in [6.45, 7) is 4.81. The lowest BCUT2D eigenvalue weighted by molar-refractivity contribution is -0.127. The van der Waals surface area contributed by atoms with Crippen molar-refractivity contribution in [2.24, 2.45) is 5.10 Å². The van der Waals surface area contributed by atoms with E-state index in [1.165, 1.54) is 22.2 Å². The number of nitrogens with zero attached hydrogens (tertiary/aromatic N) is 4. The Balaban J connectivity index is 1.48. The first-order valence-corrected chi connectivity index (χ1v) is 10.2. The minimum Gasteiger partial charge on any atom is -0.272 e. The lowest BCUT2D eigenvalue weighted by Gasteiger charge is -2.11. The van der Waals surface area contributed by atoms with E-state index in [4.69, 9.17) is 0 Å². The van der Waals surface area contributed by atoms with E-state index >= 15 is 0 Å². The number of hydrogen-bond donors (Lipinski definition) is 0. The van der Waals surface area contributed by atoms with Crippen LogP contribution in [0.4, 0.5) is 0 Å². The van der Waals surface area contributed by atoms with Gasteiger partial charge in [-0.3, -0.25) is 4.79 Å². The average Bonchev–Trinajstić information content (AvgIpc) is 3.26. The molecule has 0 spiro atoms. The molecule has 3 aromatic rings. The van der Waals surface area contributed by atoms with Crippen molar-refractivity contribution in [2.75, 3.05) is 12.3 Å². The van der Waals surface area contributed by atoms with Gasteiger partial charge in [0.15, 0.2) is 0 Å². The molecule has 4 rings (SSSR count). The first kappa shape index (κ1) is 17.2. The van der Waals surface area contributed by atoms with Crippen LogP contribution in [0.3, 0.4) is 0 Å². The van der Waals surface area contributed by atoms with E-state index in [-0.39, 0.29) is 5.91 Å². The van der Waals surface area contributed by atoms with Crippen LogP contribution in [0.25, 0.3) is 10.2 Å². The van der Waals surface area contributed by atoms with Crippen molar-refractivity contribution >= 4 is 44.9 Å². The molecular formula is C19H18N4OS2. The Morgan fingerprint density at radius 1 is 1.23 bits per heavy atom. The molecule has 26 heavy (non-hydrogen) atoms. The molecule has 0 N–H and O–H groups in total. The maximum absolute atomic E-state index is 12.6. The third kappa shape index (κ3) is 3.24. The lowest BCUT2D eigenvalue weighted by Crippen LogP contribution is -2.25. The second-order valence-corrected chi connectivity index (χ2v) is 8.28. The van der Waals surface area contributed by atoms with Gasteiger partial charge < -0.3 is 0 Å². The molecule has 0 aliphatic carbocycles. The van der Waals surface area contributed by atoms with Crippen LogP contribution in [0.5, 0.6) is 0 Å². The normalized spacial score (nSPS) is 14.1. The van der Waals surface area contributed by atoms with Crippen LogP contribution in [0.1, 0.15) is 22.4 Å². The number of carbonyl (C=O) groups excluding carboxylic acids is 1. The van der Waals surface area contributed by atoms with Gasteiger partial charge in [0.1, 0.15) is 16.2 Å². The van der Waals surface area contributed by atoms with Crippen molar-refractivity contribution in [3.05, 3.63) is 52.7 Å². The SMILES string of the molecule is Cc1sc2ncnc(SCC(=O)N3CCC(c4ccccc4)=N3)c2c1C. The van der Waals surface area contributed by atoms with Crippen LogP contribution < -0.4 is 0 Å². The van der Waals surface area contributed by atoms with Gasteiger partial charge in [0.05, 0.1) is 18.0 Å². The van der Waals surface area contributed by atoms with E-state index in [0.29, 0.717) is 12.3 Å². The number of aryl methyl sites for hydroxylation is 2. The van der Waals surface area contributed by atoms with Crippen molar-refractivity contribution in [3.63, 3.8) is 0 Å². The van der Waals surface area contributed by atoms with Crippen LogP contribution in [0.2, 0.25) is 0 Å². The van der Waals surface area contributed by atoms with Crippen LogP contribution in [-0.2, 0) is 4.79 Å². The summed E-state index contributed by atoms with van der Waals surface area (Å²) in [6.07, 6.45) is 2.37. The number of fused-ring (bicyclic) bond motifs is 1. The van der Waals surface area contributed by atoms with Gasteiger partial charge in [-0.05, 0) is 25.0 Å². The Hall–Kier alpha value is -2.25. The number of hydrazone groups is 1. The number of thiophene rings is 1. The summed E-state index contributed by atoms with van der Waals surface area (Å²) < 4.78 is 0. The smallest absolute Gasteiger partial charge is 0.253 e. The van der Waals surface area contributed by atoms with Gasteiger partial charge in [0.25, 0.3) is 5.91 Å². The molecule has 132 valence electrons. The number of amides is 1. The van der Waals surface area contributed by atoms with Crippen molar-refractivity contribution in [3.8, 4) is 0 Å². The largest absolute Gasteiger partial charge is 0.272 e. The molecule has 0 atom stereocenters. The maximum Gasteiger partial charge on any atom is 0.253 e. The highest BCUT2D eigenvalue weighted by Crippen LogP contribution is 2.34. The zero-order chi connectivity index (χ0) is 18.1. The maximum atomic E-state index is 12.6. The molecule has 1 aliphatic heterocycles. The second kappa shape index (κ2) is 7.17. The third-order valence-electron chi connectivity index (χ3n) is 4.46. The minimum atomic E-state index is 0.0114. The topological polar surface area (TPSA) is 58.5 Å². The number of benzene rings is 1. The standard InChI is InChI=1S/C19H18N4OS2/c1-12-13(2)26-19-17(12)18(20-11-21-19)25-10-16(24)23-9-8-15(22-23)14-6-4-3-5-7-14/h3-7,11H,8-10H2,1-2H3. The molecule has 5 nitrogen and oxygen atoms in total. The average molecular weight is 383 g/mol. The summed E-state index contributed by atoms with van der Waals surface area (Å²) in [5, 5.41) is 8.04. The minimum absolute atomic E-state index is 0.0114. The monoisotopic (exact) mass is 382 g/mol. The van der Waals surface area contributed by atoms with Crippen LogP contribution in [0, 0.1) is 13.8 Å². The number of hydrogen-bond acceptors (Lipinski definition) is 6. The zero-order valence-electron chi connectivity index (χ0n) is 14.6. The van der Waals surface area contributed by atoms with E-state index in [0.717, 1.165) is 32.9 Å². The quantitative estimate of drug-likeness (QED) is 0.505. The summed E-state index contributed by atoms with van der Waals surface area (Å²) in [6, 6.07) is 10.0. The molecule has 0 fully saturated rings. The summed E-state index contributed by atoms with van der Waals surface area (Å²) in [5.41, 5.74) is 3.25. The number of rotatable bonds is 4. The fourth-order valence-corrected chi connectivity index (χ4v) is 4.92. The molecule has 0 bridgehead atoms. The summed E-state index contributed by atoms with van der Waals surface area (Å²) in [5.74, 6) is 0.337. The van der Waals surface area contributed by atoms with E-state index in [1.807, 2.05) is 30.3 Å². The van der Waals surface area contributed by atoms with Gasteiger partial charge in [-0.25, -0.2) is 15.0 Å². The number of aromatic nitrogens is 2. The summed E-state index contributed by atoms with van der Waals surface area (Å²) in [7, 11) is 0. The van der Waals surface area contributed by atoms with Crippen molar-refractivity contribution in [1.29, 1.82) is 0 Å². The molecule has 0 saturated carbocycles. The lowest BCUT2D eigenvalue weighted by atomic mass is 10.1.